The van der Waals surface area contributed by atoms with Crippen molar-refractivity contribution in [2.45, 2.75) is 39.4 Å². The van der Waals surface area contributed by atoms with Crippen molar-refractivity contribution < 1.29 is 5.11 Å². The van der Waals surface area contributed by atoms with Crippen LogP contribution in [0, 0.1) is 0 Å². The fourth-order valence-corrected chi connectivity index (χ4v) is 2.01. The SMILES string of the molecule is CC(C)n1ccnc1CN[C@@H](C)CN(C)CCO. The summed E-state index contributed by atoms with van der Waals surface area (Å²) in [4.78, 5) is 6.49. The summed E-state index contributed by atoms with van der Waals surface area (Å²) in [5, 5.41) is 12.3. The predicted molar refractivity (Wildman–Crippen MR) is 73.5 cm³/mol. The fourth-order valence-electron chi connectivity index (χ4n) is 2.01. The summed E-state index contributed by atoms with van der Waals surface area (Å²) >= 11 is 0. The first-order valence-electron chi connectivity index (χ1n) is 6.59. The van der Waals surface area contributed by atoms with Crippen LogP contribution in [0.5, 0.6) is 0 Å². The lowest BCUT2D eigenvalue weighted by Crippen LogP contribution is -2.38. The summed E-state index contributed by atoms with van der Waals surface area (Å²) in [5.41, 5.74) is 0. The van der Waals surface area contributed by atoms with Crippen LogP contribution >= 0.6 is 0 Å². The number of aliphatic hydroxyl groups excluding tert-OH is 1. The normalized spacial score (nSPS) is 13.5. The molecule has 0 aliphatic heterocycles. The molecule has 1 rings (SSSR count). The molecule has 5 nitrogen and oxygen atoms in total. The lowest BCUT2D eigenvalue weighted by Gasteiger charge is -2.21. The number of nitrogens with one attached hydrogen (secondary N) is 1. The smallest absolute Gasteiger partial charge is 0.122 e. The maximum atomic E-state index is 8.85. The molecule has 0 saturated heterocycles. The number of aliphatic hydroxyl groups is 1. The Morgan fingerprint density at radius 1 is 1.44 bits per heavy atom. The molecule has 1 atom stereocenters. The summed E-state index contributed by atoms with van der Waals surface area (Å²) in [7, 11) is 2.02. The van der Waals surface area contributed by atoms with Crippen LogP contribution in [-0.4, -0.2) is 52.3 Å². The summed E-state index contributed by atoms with van der Waals surface area (Å²) in [6.07, 6.45) is 3.86. The average Bonchev–Trinajstić information content (AvgIpc) is 2.74. The first kappa shape index (κ1) is 15.1. The molecular formula is C13H26N4O. The van der Waals surface area contributed by atoms with E-state index in [1.807, 2.05) is 19.4 Å². The highest BCUT2D eigenvalue weighted by molar-refractivity contribution is 4.94. The lowest BCUT2D eigenvalue weighted by atomic mass is 10.3. The zero-order valence-corrected chi connectivity index (χ0v) is 11.9. The van der Waals surface area contributed by atoms with Gasteiger partial charge in [0.1, 0.15) is 5.82 Å². The molecule has 0 amide bonds. The van der Waals surface area contributed by atoms with Crippen molar-refractivity contribution in [3.05, 3.63) is 18.2 Å². The van der Waals surface area contributed by atoms with Crippen molar-refractivity contribution in [3.8, 4) is 0 Å². The molecule has 0 aliphatic carbocycles. The van der Waals surface area contributed by atoms with Crippen LogP contribution in [-0.2, 0) is 6.54 Å². The molecule has 0 saturated carbocycles. The minimum absolute atomic E-state index is 0.209. The molecule has 0 spiro atoms. The Morgan fingerprint density at radius 2 is 2.17 bits per heavy atom. The van der Waals surface area contributed by atoms with Crippen molar-refractivity contribution in [1.82, 2.24) is 19.8 Å². The van der Waals surface area contributed by atoms with Crippen molar-refractivity contribution >= 4 is 0 Å². The van der Waals surface area contributed by atoms with Gasteiger partial charge in [0.2, 0.25) is 0 Å². The van der Waals surface area contributed by atoms with Gasteiger partial charge in [0, 0.05) is 37.6 Å². The van der Waals surface area contributed by atoms with Crippen LogP contribution in [0.4, 0.5) is 0 Å². The van der Waals surface area contributed by atoms with Crippen LogP contribution in [0.1, 0.15) is 32.6 Å². The molecule has 104 valence electrons. The van der Waals surface area contributed by atoms with E-state index < -0.39 is 0 Å². The number of imidazole rings is 1. The van der Waals surface area contributed by atoms with Gasteiger partial charge in [-0.1, -0.05) is 0 Å². The molecule has 0 radical (unpaired) electrons. The zero-order valence-electron chi connectivity index (χ0n) is 11.9. The number of nitrogens with zero attached hydrogens (tertiary/aromatic N) is 3. The molecule has 1 heterocycles. The number of hydrogen-bond acceptors (Lipinski definition) is 4. The van der Waals surface area contributed by atoms with Gasteiger partial charge >= 0.3 is 0 Å². The molecule has 2 N–H and O–H groups in total. The number of likely N-dealkylation sites (N-methyl/N-ethyl adjacent to an activating group) is 1. The van der Waals surface area contributed by atoms with E-state index >= 15 is 0 Å². The van der Waals surface area contributed by atoms with E-state index in [0.717, 1.165) is 18.9 Å². The second kappa shape index (κ2) is 7.51. The third-order valence-electron chi connectivity index (χ3n) is 2.98. The predicted octanol–water partition coefficient (Wildman–Crippen LogP) is 0.866. The molecule has 1 aromatic rings. The van der Waals surface area contributed by atoms with Crippen LogP contribution in [0.15, 0.2) is 12.4 Å². The summed E-state index contributed by atoms with van der Waals surface area (Å²) < 4.78 is 2.18. The van der Waals surface area contributed by atoms with Crippen LogP contribution < -0.4 is 5.32 Å². The Labute approximate surface area is 110 Å². The highest BCUT2D eigenvalue weighted by Gasteiger charge is 2.09. The van der Waals surface area contributed by atoms with E-state index in [0.29, 0.717) is 18.6 Å². The maximum absolute atomic E-state index is 8.85. The van der Waals surface area contributed by atoms with Gasteiger partial charge in [-0.2, -0.15) is 0 Å². The number of aromatic nitrogens is 2. The Bertz CT molecular complexity index is 337. The lowest BCUT2D eigenvalue weighted by molar-refractivity contribution is 0.210. The third-order valence-corrected chi connectivity index (χ3v) is 2.98. The molecule has 1 aromatic heterocycles. The van der Waals surface area contributed by atoms with Crippen LogP contribution in [0.3, 0.4) is 0 Å². The van der Waals surface area contributed by atoms with Crippen molar-refractivity contribution in [2.24, 2.45) is 0 Å². The topological polar surface area (TPSA) is 53.3 Å². The Morgan fingerprint density at radius 3 is 2.78 bits per heavy atom. The highest BCUT2D eigenvalue weighted by Crippen LogP contribution is 2.07. The van der Waals surface area contributed by atoms with E-state index in [1.165, 1.54) is 0 Å². The molecule has 0 aromatic carbocycles. The van der Waals surface area contributed by atoms with Crippen molar-refractivity contribution in [3.63, 3.8) is 0 Å². The molecule has 0 fully saturated rings. The summed E-state index contributed by atoms with van der Waals surface area (Å²) in [5.74, 6) is 1.07. The van der Waals surface area contributed by atoms with E-state index in [-0.39, 0.29) is 6.61 Å². The molecular weight excluding hydrogens is 228 g/mol. The van der Waals surface area contributed by atoms with E-state index in [9.17, 15) is 0 Å². The summed E-state index contributed by atoms with van der Waals surface area (Å²) in [6, 6.07) is 0.815. The van der Waals surface area contributed by atoms with Crippen LogP contribution in [0.25, 0.3) is 0 Å². The number of rotatable bonds is 8. The van der Waals surface area contributed by atoms with Gasteiger partial charge in [-0.3, -0.25) is 0 Å². The minimum Gasteiger partial charge on any atom is -0.395 e. The molecule has 18 heavy (non-hydrogen) atoms. The van der Waals surface area contributed by atoms with Gasteiger partial charge in [0.05, 0.1) is 13.2 Å². The van der Waals surface area contributed by atoms with Crippen molar-refractivity contribution in [2.75, 3.05) is 26.7 Å². The highest BCUT2D eigenvalue weighted by atomic mass is 16.3. The number of hydrogen-bond donors (Lipinski definition) is 2. The van der Waals surface area contributed by atoms with Gasteiger partial charge in [0.15, 0.2) is 0 Å². The van der Waals surface area contributed by atoms with Crippen molar-refractivity contribution in [1.29, 1.82) is 0 Å². The maximum Gasteiger partial charge on any atom is 0.122 e. The Kier molecular flexibility index (Phi) is 6.32. The van der Waals surface area contributed by atoms with Gasteiger partial charge in [0.25, 0.3) is 0 Å². The molecule has 5 heteroatoms. The third kappa shape index (κ3) is 4.76. The summed E-state index contributed by atoms with van der Waals surface area (Å²) in [6.45, 7) is 9.08. The first-order chi connectivity index (χ1) is 8.54. The Balaban J connectivity index is 2.37. The molecule has 0 bridgehead atoms. The van der Waals surface area contributed by atoms with Crippen LogP contribution in [0.2, 0.25) is 0 Å². The second-order valence-electron chi connectivity index (χ2n) is 5.11. The minimum atomic E-state index is 0.209. The Hall–Kier alpha value is -0.910. The average molecular weight is 254 g/mol. The van der Waals surface area contributed by atoms with Gasteiger partial charge in [-0.15, -0.1) is 0 Å². The second-order valence-corrected chi connectivity index (χ2v) is 5.11. The molecule has 0 aliphatic rings. The van der Waals surface area contributed by atoms with Gasteiger partial charge < -0.3 is 19.9 Å². The fraction of sp³-hybridized carbons (Fsp3) is 0.769. The van der Waals surface area contributed by atoms with E-state index in [2.05, 4.69) is 40.5 Å². The first-order valence-corrected chi connectivity index (χ1v) is 6.59. The van der Waals surface area contributed by atoms with E-state index in [1.54, 1.807) is 0 Å². The van der Waals surface area contributed by atoms with Gasteiger partial charge in [-0.05, 0) is 27.8 Å². The zero-order chi connectivity index (χ0) is 13.5. The largest absolute Gasteiger partial charge is 0.395 e. The standard InChI is InChI=1S/C13H26N4O/c1-11(2)17-6-5-14-13(17)9-15-12(3)10-16(4)7-8-18/h5-6,11-12,15,18H,7-10H2,1-4H3/t12-/m0/s1. The van der Waals surface area contributed by atoms with E-state index in [4.69, 9.17) is 5.11 Å². The quantitative estimate of drug-likeness (QED) is 0.723. The molecule has 0 unspecified atom stereocenters. The monoisotopic (exact) mass is 254 g/mol. The van der Waals surface area contributed by atoms with Gasteiger partial charge in [-0.25, -0.2) is 4.98 Å².